The summed E-state index contributed by atoms with van der Waals surface area (Å²) in [5, 5.41) is 5.56. The molecule has 2 aromatic rings. The third-order valence-electron chi connectivity index (χ3n) is 3.69. The maximum absolute atomic E-state index is 12.6. The van der Waals surface area contributed by atoms with Crippen LogP contribution in [0.3, 0.4) is 0 Å². The SMILES string of the molecule is O=C1CC(c2ccccc2)N(C(=O)Nc2ccncn2)CCN1. The van der Waals surface area contributed by atoms with Crippen LogP contribution in [-0.4, -0.2) is 39.9 Å². The molecule has 1 unspecified atom stereocenters. The fraction of sp³-hybridized carbons (Fsp3) is 0.250. The number of carbonyl (C=O) groups excluding carboxylic acids is 2. The van der Waals surface area contributed by atoms with Gasteiger partial charge in [0.05, 0.1) is 12.5 Å². The van der Waals surface area contributed by atoms with Crippen LogP contribution in [-0.2, 0) is 4.79 Å². The first-order chi connectivity index (χ1) is 11.2. The number of amides is 3. The maximum atomic E-state index is 12.6. The molecular weight excluding hydrogens is 294 g/mol. The third-order valence-corrected chi connectivity index (χ3v) is 3.69. The van der Waals surface area contributed by atoms with E-state index < -0.39 is 0 Å². The molecule has 1 atom stereocenters. The van der Waals surface area contributed by atoms with E-state index in [0.29, 0.717) is 18.9 Å². The molecule has 3 rings (SSSR count). The van der Waals surface area contributed by atoms with Gasteiger partial charge in [-0.1, -0.05) is 30.3 Å². The van der Waals surface area contributed by atoms with Crippen molar-refractivity contribution in [2.24, 2.45) is 0 Å². The molecule has 1 saturated heterocycles. The Kier molecular flexibility index (Phi) is 4.46. The Bertz CT molecular complexity index is 677. The molecule has 1 aliphatic heterocycles. The Hall–Kier alpha value is -2.96. The zero-order valence-electron chi connectivity index (χ0n) is 12.5. The minimum absolute atomic E-state index is 0.0591. The van der Waals surface area contributed by atoms with Crippen LogP contribution in [0.1, 0.15) is 18.0 Å². The van der Waals surface area contributed by atoms with Crippen LogP contribution in [0.5, 0.6) is 0 Å². The highest BCUT2D eigenvalue weighted by molar-refractivity contribution is 5.89. The Labute approximate surface area is 133 Å². The number of carbonyl (C=O) groups is 2. The van der Waals surface area contributed by atoms with Crippen molar-refractivity contribution in [3.63, 3.8) is 0 Å². The van der Waals surface area contributed by atoms with E-state index in [4.69, 9.17) is 0 Å². The number of nitrogens with zero attached hydrogens (tertiary/aromatic N) is 3. The number of hydrogen-bond acceptors (Lipinski definition) is 4. The van der Waals surface area contributed by atoms with Crippen LogP contribution >= 0.6 is 0 Å². The summed E-state index contributed by atoms with van der Waals surface area (Å²) < 4.78 is 0. The molecule has 2 heterocycles. The molecule has 0 radical (unpaired) electrons. The smallest absolute Gasteiger partial charge is 0.323 e. The van der Waals surface area contributed by atoms with Crippen LogP contribution in [0.4, 0.5) is 10.6 Å². The maximum Gasteiger partial charge on any atom is 0.323 e. The normalized spacial score (nSPS) is 18.0. The van der Waals surface area contributed by atoms with Crippen LogP contribution in [0.25, 0.3) is 0 Å². The number of nitrogens with one attached hydrogen (secondary N) is 2. The van der Waals surface area contributed by atoms with Crippen molar-refractivity contribution < 1.29 is 9.59 Å². The van der Waals surface area contributed by atoms with Crippen LogP contribution < -0.4 is 10.6 Å². The van der Waals surface area contributed by atoms with Crippen molar-refractivity contribution in [3.8, 4) is 0 Å². The van der Waals surface area contributed by atoms with E-state index in [1.165, 1.54) is 6.33 Å². The van der Waals surface area contributed by atoms with E-state index in [-0.39, 0.29) is 24.4 Å². The standard InChI is InChI=1S/C16H17N5O2/c22-15-10-13(12-4-2-1-3-5-12)21(9-8-18-15)16(23)20-14-6-7-17-11-19-14/h1-7,11,13H,8-10H2,(H,18,22)(H,17,19,20,23). The van der Waals surface area contributed by atoms with Gasteiger partial charge in [0.1, 0.15) is 12.1 Å². The molecule has 23 heavy (non-hydrogen) atoms. The molecule has 1 fully saturated rings. The summed E-state index contributed by atoms with van der Waals surface area (Å²) in [5.74, 6) is 0.372. The quantitative estimate of drug-likeness (QED) is 0.881. The van der Waals surface area contributed by atoms with E-state index >= 15 is 0 Å². The third kappa shape index (κ3) is 3.63. The molecule has 0 aliphatic carbocycles. The van der Waals surface area contributed by atoms with E-state index in [9.17, 15) is 9.59 Å². The molecule has 2 N–H and O–H groups in total. The monoisotopic (exact) mass is 311 g/mol. The van der Waals surface area contributed by atoms with Crippen molar-refractivity contribution in [2.45, 2.75) is 12.5 Å². The second-order valence-electron chi connectivity index (χ2n) is 5.20. The highest BCUT2D eigenvalue weighted by atomic mass is 16.2. The average Bonchev–Trinajstić information content (AvgIpc) is 2.78. The summed E-state index contributed by atoms with van der Waals surface area (Å²) >= 11 is 0. The average molecular weight is 311 g/mol. The second kappa shape index (κ2) is 6.87. The van der Waals surface area contributed by atoms with Gasteiger partial charge in [-0.05, 0) is 11.6 Å². The molecule has 0 bridgehead atoms. The lowest BCUT2D eigenvalue weighted by Crippen LogP contribution is -2.39. The summed E-state index contributed by atoms with van der Waals surface area (Å²) in [4.78, 5) is 34.0. The molecular formula is C16H17N5O2. The van der Waals surface area contributed by atoms with Gasteiger partial charge in [-0.3, -0.25) is 10.1 Å². The number of urea groups is 1. The summed E-state index contributed by atoms with van der Waals surface area (Å²) in [6.45, 7) is 0.863. The molecule has 1 aromatic carbocycles. The van der Waals surface area contributed by atoms with Gasteiger partial charge in [0.2, 0.25) is 5.91 Å². The van der Waals surface area contributed by atoms with Crippen molar-refractivity contribution in [1.29, 1.82) is 0 Å². The van der Waals surface area contributed by atoms with Gasteiger partial charge in [-0.25, -0.2) is 14.8 Å². The summed E-state index contributed by atoms with van der Waals surface area (Å²) in [7, 11) is 0. The lowest BCUT2D eigenvalue weighted by molar-refractivity contribution is -0.121. The Morgan fingerprint density at radius 1 is 1.26 bits per heavy atom. The predicted octanol–water partition coefficient (Wildman–Crippen LogP) is 1.57. The summed E-state index contributed by atoms with van der Waals surface area (Å²) in [6, 6.07) is 10.6. The first-order valence-electron chi connectivity index (χ1n) is 7.39. The van der Waals surface area contributed by atoms with E-state index in [1.54, 1.807) is 17.2 Å². The van der Waals surface area contributed by atoms with Crippen LogP contribution in [0, 0.1) is 0 Å². The molecule has 3 amide bonds. The zero-order chi connectivity index (χ0) is 16.1. The van der Waals surface area contributed by atoms with Crippen molar-refractivity contribution >= 4 is 17.8 Å². The highest BCUT2D eigenvalue weighted by Gasteiger charge is 2.29. The fourth-order valence-electron chi connectivity index (χ4n) is 2.59. The molecule has 7 heteroatoms. The van der Waals surface area contributed by atoms with E-state index in [0.717, 1.165) is 5.56 Å². The van der Waals surface area contributed by atoms with Crippen LogP contribution in [0.2, 0.25) is 0 Å². The van der Waals surface area contributed by atoms with Gasteiger partial charge in [0, 0.05) is 19.3 Å². The molecule has 0 saturated carbocycles. The minimum Gasteiger partial charge on any atom is -0.354 e. The van der Waals surface area contributed by atoms with Gasteiger partial charge < -0.3 is 10.2 Å². The summed E-state index contributed by atoms with van der Waals surface area (Å²) in [5.41, 5.74) is 0.933. The number of benzene rings is 1. The van der Waals surface area contributed by atoms with Gasteiger partial charge in [0.15, 0.2) is 0 Å². The fourth-order valence-corrected chi connectivity index (χ4v) is 2.59. The molecule has 7 nitrogen and oxygen atoms in total. The molecule has 1 aliphatic rings. The first kappa shape index (κ1) is 15.0. The minimum atomic E-state index is -0.305. The first-order valence-corrected chi connectivity index (χ1v) is 7.39. The Morgan fingerprint density at radius 3 is 2.83 bits per heavy atom. The van der Waals surface area contributed by atoms with Crippen molar-refractivity contribution in [1.82, 2.24) is 20.2 Å². The predicted molar refractivity (Wildman–Crippen MR) is 84.6 cm³/mol. The zero-order valence-corrected chi connectivity index (χ0v) is 12.5. The molecule has 1 aromatic heterocycles. The lowest BCUT2D eigenvalue weighted by atomic mass is 10.0. The lowest BCUT2D eigenvalue weighted by Gasteiger charge is -2.29. The van der Waals surface area contributed by atoms with Crippen molar-refractivity contribution in [2.75, 3.05) is 18.4 Å². The van der Waals surface area contributed by atoms with Gasteiger partial charge in [0.25, 0.3) is 0 Å². The highest BCUT2D eigenvalue weighted by Crippen LogP contribution is 2.26. The van der Waals surface area contributed by atoms with E-state index in [2.05, 4.69) is 20.6 Å². The summed E-state index contributed by atoms with van der Waals surface area (Å²) in [6.07, 6.45) is 3.17. The van der Waals surface area contributed by atoms with Crippen LogP contribution in [0.15, 0.2) is 48.9 Å². The van der Waals surface area contributed by atoms with Gasteiger partial charge in [-0.2, -0.15) is 0 Å². The number of aromatic nitrogens is 2. The van der Waals surface area contributed by atoms with Gasteiger partial charge >= 0.3 is 6.03 Å². The largest absolute Gasteiger partial charge is 0.354 e. The van der Waals surface area contributed by atoms with Gasteiger partial charge in [-0.15, -0.1) is 0 Å². The molecule has 0 spiro atoms. The topological polar surface area (TPSA) is 87.2 Å². The Balaban J connectivity index is 1.84. The molecule has 118 valence electrons. The number of hydrogen-bond donors (Lipinski definition) is 2. The van der Waals surface area contributed by atoms with E-state index in [1.807, 2.05) is 30.3 Å². The van der Waals surface area contributed by atoms with Crippen molar-refractivity contribution in [3.05, 3.63) is 54.5 Å². The number of rotatable bonds is 2. The second-order valence-corrected chi connectivity index (χ2v) is 5.20. The number of anilines is 1. The Morgan fingerprint density at radius 2 is 2.09 bits per heavy atom.